The number of aromatic amines is 1. The Hall–Kier alpha value is -3.27. The number of H-pyrrole nitrogens is 1. The van der Waals surface area contributed by atoms with Crippen LogP contribution in [-0.4, -0.2) is 42.7 Å². The Bertz CT molecular complexity index is 1350. The lowest BCUT2D eigenvalue weighted by atomic mass is 10.0. The number of nitrogens with zero attached hydrogens (tertiary/aromatic N) is 4. The summed E-state index contributed by atoms with van der Waals surface area (Å²) in [7, 11) is 0. The second-order valence-corrected chi connectivity index (χ2v) is 8.38. The molecule has 1 amide bonds. The molecule has 0 bridgehead atoms. The van der Waals surface area contributed by atoms with E-state index < -0.39 is 23.8 Å². The summed E-state index contributed by atoms with van der Waals surface area (Å²) in [5.41, 5.74) is 2.02. The Morgan fingerprint density at radius 2 is 2.19 bits per heavy atom. The van der Waals surface area contributed by atoms with Gasteiger partial charge >= 0.3 is 0 Å². The van der Waals surface area contributed by atoms with Gasteiger partial charge in [0.2, 0.25) is 5.91 Å². The van der Waals surface area contributed by atoms with E-state index in [1.807, 2.05) is 13.8 Å². The number of halogens is 3. The first-order valence-electron chi connectivity index (χ1n) is 10.3. The highest BCUT2D eigenvalue weighted by molar-refractivity contribution is 6.35. The smallest absolute Gasteiger partial charge is 0.231 e. The molecule has 3 unspecified atom stereocenters. The van der Waals surface area contributed by atoms with Crippen molar-refractivity contribution in [1.29, 1.82) is 0 Å². The maximum atomic E-state index is 15.3. The average Bonchev–Trinajstić information content (AvgIpc) is 3.14. The number of carbonyl (C=O) groups excluding carboxylic acids is 1. The second-order valence-electron chi connectivity index (χ2n) is 8.00. The summed E-state index contributed by atoms with van der Waals surface area (Å²) in [4.78, 5) is 20.7. The summed E-state index contributed by atoms with van der Waals surface area (Å²) in [5.74, 6) is -1.33. The van der Waals surface area contributed by atoms with E-state index in [2.05, 4.69) is 30.8 Å². The van der Waals surface area contributed by atoms with E-state index in [0.29, 0.717) is 27.8 Å². The maximum absolute atomic E-state index is 15.3. The highest BCUT2D eigenvalue weighted by Crippen LogP contribution is 2.41. The Balaban J connectivity index is 1.55. The number of benzene rings is 1. The lowest BCUT2D eigenvalue weighted by Crippen LogP contribution is -2.15. The molecule has 3 aromatic heterocycles. The topological polar surface area (TPSA) is 100 Å². The quantitative estimate of drug-likeness (QED) is 0.392. The molecule has 1 aliphatic carbocycles. The van der Waals surface area contributed by atoms with Gasteiger partial charge in [0, 0.05) is 23.2 Å². The lowest BCUT2D eigenvalue weighted by Gasteiger charge is -2.17. The van der Waals surface area contributed by atoms with Gasteiger partial charge in [0.15, 0.2) is 17.3 Å². The van der Waals surface area contributed by atoms with Crippen molar-refractivity contribution >= 4 is 45.6 Å². The molecule has 0 radical (unpaired) electrons. The van der Waals surface area contributed by atoms with Crippen molar-refractivity contribution in [3.05, 3.63) is 35.6 Å². The van der Waals surface area contributed by atoms with E-state index in [0.717, 1.165) is 6.42 Å². The molecule has 166 valence electrons. The van der Waals surface area contributed by atoms with Crippen LogP contribution in [0.15, 0.2) is 24.8 Å². The van der Waals surface area contributed by atoms with Crippen molar-refractivity contribution in [1.82, 2.24) is 24.6 Å². The molecule has 32 heavy (non-hydrogen) atoms. The van der Waals surface area contributed by atoms with E-state index in [4.69, 9.17) is 11.6 Å². The molecule has 1 aliphatic rings. The van der Waals surface area contributed by atoms with Crippen LogP contribution in [0.3, 0.4) is 0 Å². The van der Waals surface area contributed by atoms with Gasteiger partial charge in [-0.3, -0.25) is 14.9 Å². The third kappa shape index (κ3) is 3.44. The number of amides is 1. The van der Waals surface area contributed by atoms with Crippen molar-refractivity contribution in [2.24, 2.45) is 5.92 Å². The van der Waals surface area contributed by atoms with Crippen LogP contribution in [0, 0.1) is 11.7 Å². The minimum absolute atomic E-state index is 0.0373. The van der Waals surface area contributed by atoms with Crippen molar-refractivity contribution in [2.45, 2.75) is 38.9 Å². The van der Waals surface area contributed by atoms with Crippen molar-refractivity contribution in [2.75, 3.05) is 10.6 Å². The van der Waals surface area contributed by atoms with E-state index >= 15 is 4.39 Å². The average molecular weight is 460 g/mol. The molecular weight excluding hydrogens is 440 g/mol. The number of carbonyl (C=O) groups is 1. The maximum Gasteiger partial charge on any atom is 0.231 e. The molecule has 5 rings (SSSR count). The van der Waals surface area contributed by atoms with Gasteiger partial charge in [0.25, 0.3) is 0 Å². The largest absolute Gasteiger partial charge is 0.378 e. The number of rotatable bonds is 6. The molecule has 1 aromatic carbocycles. The zero-order valence-electron chi connectivity index (χ0n) is 17.3. The van der Waals surface area contributed by atoms with Crippen LogP contribution in [0.5, 0.6) is 0 Å². The van der Waals surface area contributed by atoms with Crippen molar-refractivity contribution in [3.63, 3.8) is 0 Å². The van der Waals surface area contributed by atoms with Crippen molar-refractivity contribution < 1.29 is 13.6 Å². The van der Waals surface area contributed by atoms with Crippen LogP contribution in [-0.2, 0) is 4.79 Å². The van der Waals surface area contributed by atoms with Crippen LogP contribution < -0.4 is 10.6 Å². The summed E-state index contributed by atoms with van der Waals surface area (Å²) in [6.45, 7) is 3.95. The lowest BCUT2D eigenvalue weighted by molar-refractivity contribution is -0.117. The Kier molecular flexibility index (Phi) is 4.96. The van der Waals surface area contributed by atoms with E-state index in [9.17, 15) is 9.18 Å². The Labute approximate surface area is 186 Å². The molecule has 1 saturated carbocycles. The SMILES string of the molecule is CCC(C)Nc1c(F)c(Cl)c(-c2cn3cc(NC(=O)C4CC4F)nc3cn2)c2cn[nH]c12. The standard InChI is InChI=1S/C21H20ClF2N7O/c1-3-9(2)27-20-18(24)17(22)16(11-5-26-30-19(11)20)13-7-31-8-14(28-15(31)6-25-13)29-21(32)10-4-12(10)23/h5-10,12,27H,3-4H2,1-2H3,(H,26,30)(H,29,32). The Morgan fingerprint density at radius 1 is 1.41 bits per heavy atom. The number of imidazole rings is 1. The fraction of sp³-hybridized carbons (Fsp3) is 0.333. The molecule has 0 spiro atoms. The molecule has 3 atom stereocenters. The number of fused-ring (bicyclic) bond motifs is 2. The summed E-state index contributed by atoms with van der Waals surface area (Å²) in [6, 6.07) is 0.0373. The van der Waals surface area contributed by atoms with Gasteiger partial charge in [-0.05, 0) is 19.8 Å². The number of aromatic nitrogens is 5. The highest BCUT2D eigenvalue weighted by Gasteiger charge is 2.43. The fourth-order valence-corrected chi connectivity index (χ4v) is 3.88. The van der Waals surface area contributed by atoms with Gasteiger partial charge in [-0.1, -0.05) is 18.5 Å². The first-order chi connectivity index (χ1) is 15.4. The van der Waals surface area contributed by atoms with Crippen molar-refractivity contribution in [3.8, 4) is 11.3 Å². The molecule has 3 heterocycles. The predicted octanol–water partition coefficient (Wildman–Crippen LogP) is 4.57. The first-order valence-corrected chi connectivity index (χ1v) is 10.7. The minimum atomic E-state index is -1.09. The molecule has 11 heteroatoms. The number of hydrogen-bond donors (Lipinski definition) is 3. The highest BCUT2D eigenvalue weighted by atomic mass is 35.5. The summed E-state index contributed by atoms with van der Waals surface area (Å²) < 4.78 is 30.0. The molecule has 8 nitrogen and oxygen atoms in total. The van der Waals surface area contributed by atoms with Crippen LogP contribution in [0.4, 0.5) is 20.3 Å². The zero-order valence-corrected chi connectivity index (χ0v) is 18.0. The predicted molar refractivity (Wildman–Crippen MR) is 118 cm³/mol. The van der Waals surface area contributed by atoms with Crippen LogP contribution in [0.1, 0.15) is 26.7 Å². The van der Waals surface area contributed by atoms with Crippen LogP contribution >= 0.6 is 11.6 Å². The normalized spacial score (nSPS) is 18.8. The van der Waals surface area contributed by atoms with Crippen LogP contribution in [0.25, 0.3) is 27.8 Å². The number of alkyl halides is 1. The van der Waals surface area contributed by atoms with Gasteiger partial charge in [0.05, 0.1) is 46.4 Å². The zero-order chi connectivity index (χ0) is 22.6. The molecule has 3 N–H and O–H groups in total. The van der Waals surface area contributed by atoms with Gasteiger partial charge in [-0.2, -0.15) is 5.10 Å². The summed E-state index contributed by atoms with van der Waals surface area (Å²) in [6.07, 6.45) is 6.24. The van der Waals surface area contributed by atoms with E-state index in [1.54, 1.807) is 23.0 Å². The summed E-state index contributed by atoms with van der Waals surface area (Å²) in [5, 5.41) is 13.2. The fourth-order valence-electron chi connectivity index (χ4n) is 3.59. The minimum Gasteiger partial charge on any atom is -0.378 e. The van der Waals surface area contributed by atoms with Gasteiger partial charge in [0.1, 0.15) is 6.17 Å². The molecular formula is C21H20ClF2N7O. The third-order valence-electron chi connectivity index (χ3n) is 5.69. The Morgan fingerprint density at radius 3 is 2.91 bits per heavy atom. The molecule has 0 aliphatic heterocycles. The van der Waals surface area contributed by atoms with E-state index in [-0.39, 0.29) is 29.0 Å². The second kappa shape index (κ2) is 7.70. The first kappa shape index (κ1) is 20.6. The summed E-state index contributed by atoms with van der Waals surface area (Å²) >= 11 is 6.46. The van der Waals surface area contributed by atoms with Gasteiger partial charge < -0.3 is 15.0 Å². The van der Waals surface area contributed by atoms with Gasteiger partial charge in [-0.25, -0.2) is 13.8 Å². The van der Waals surface area contributed by atoms with Crippen LogP contribution in [0.2, 0.25) is 5.02 Å². The van der Waals surface area contributed by atoms with Gasteiger partial charge in [-0.15, -0.1) is 0 Å². The number of nitrogens with one attached hydrogen (secondary N) is 3. The number of anilines is 2. The molecule has 0 saturated heterocycles. The monoisotopic (exact) mass is 459 g/mol. The number of hydrogen-bond acceptors (Lipinski definition) is 5. The molecule has 1 fully saturated rings. The third-order valence-corrected chi connectivity index (χ3v) is 6.05. The molecule has 4 aromatic rings. The van der Waals surface area contributed by atoms with E-state index in [1.165, 1.54) is 6.20 Å².